The molecule has 0 aliphatic rings. The number of methoxy groups -OCH3 is 1. The lowest BCUT2D eigenvalue weighted by molar-refractivity contribution is -0.140. The highest BCUT2D eigenvalue weighted by atomic mass is 79.9. The Morgan fingerprint density at radius 2 is 2.15 bits per heavy atom. The maximum absolute atomic E-state index is 12.8. The van der Waals surface area contributed by atoms with Crippen LogP contribution in [-0.2, 0) is 22.5 Å². The van der Waals surface area contributed by atoms with Gasteiger partial charge in [-0.1, -0.05) is 28.9 Å². The van der Waals surface area contributed by atoms with Crippen molar-refractivity contribution in [3.05, 3.63) is 50.3 Å². The molecule has 0 aliphatic heterocycles. The van der Waals surface area contributed by atoms with Gasteiger partial charge in [-0.25, -0.2) is 4.98 Å². The largest absolute Gasteiger partial charge is 0.469 e. The van der Waals surface area contributed by atoms with E-state index in [1.807, 2.05) is 32.0 Å². The number of benzene rings is 1. The molecule has 2 heterocycles. The van der Waals surface area contributed by atoms with Crippen molar-refractivity contribution in [1.82, 2.24) is 9.55 Å². The quantitative estimate of drug-likeness (QED) is 0.588. The van der Waals surface area contributed by atoms with E-state index in [1.54, 1.807) is 6.20 Å². The zero-order valence-corrected chi connectivity index (χ0v) is 16.4. The Bertz CT molecular complexity index is 1040. The fourth-order valence-electron chi connectivity index (χ4n) is 2.81. The predicted octanol–water partition coefficient (Wildman–Crippen LogP) is 3.85. The van der Waals surface area contributed by atoms with Gasteiger partial charge in [0.1, 0.15) is 0 Å². The molecule has 0 spiro atoms. The van der Waals surface area contributed by atoms with Crippen molar-refractivity contribution in [2.75, 3.05) is 7.11 Å². The molecule has 6 nitrogen and oxygen atoms in total. The summed E-state index contributed by atoms with van der Waals surface area (Å²) in [6, 6.07) is 5.75. The van der Waals surface area contributed by atoms with Gasteiger partial charge >= 0.3 is 5.97 Å². The van der Waals surface area contributed by atoms with Gasteiger partial charge in [0.15, 0.2) is 11.1 Å². The van der Waals surface area contributed by atoms with Crippen LogP contribution in [0.5, 0.6) is 0 Å². The maximum atomic E-state index is 12.8. The fourth-order valence-corrected chi connectivity index (χ4v) is 3.18. The summed E-state index contributed by atoms with van der Waals surface area (Å²) in [6.07, 6.45) is 2.54. The molecule has 0 N–H and O–H groups in total. The zero-order chi connectivity index (χ0) is 18.8. The fraction of sp³-hybridized carbons (Fsp3) is 0.316. The number of carbonyl (C=O) groups is 1. The van der Waals surface area contributed by atoms with Crippen molar-refractivity contribution < 1.29 is 13.9 Å². The predicted molar refractivity (Wildman–Crippen MR) is 102 cm³/mol. The first-order chi connectivity index (χ1) is 12.5. The molecule has 0 bridgehead atoms. The van der Waals surface area contributed by atoms with E-state index >= 15 is 0 Å². The van der Waals surface area contributed by atoms with Crippen molar-refractivity contribution >= 4 is 33.0 Å². The maximum Gasteiger partial charge on any atom is 0.307 e. The number of halogens is 1. The van der Waals surface area contributed by atoms with Crippen LogP contribution in [0, 0.1) is 6.92 Å². The average molecular weight is 419 g/mol. The topological polar surface area (TPSA) is 74.3 Å². The molecule has 0 amide bonds. The van der Waals surface area contributed by atoms with E-state index in [0.29, 0.717) is 17.9 Å². The van der Waals surface area contributed by atoms with E-state index < -0.39 is 0 Å². The van der Waals surface area contributed by atoms with Gasteiger partial charge in [0, 0.05) is 28.3 Å². The van der Waals surface area contributed by atoms with Gasteiger partial charge in [-0.05, 0) is 31.0 Å². The molecule has 0 saturated heterocycles. The Morgan fingerprint density at radius 1 is 1.38 bits per heavy atom. The highest BCUT2D eigenvalue weighted by Gasteiger charge is 2.18. The third kappa shape index (κ3) is 3.31. The Labute approximate surface area is 158 Å². The molecule has 26 heavy (non-hydrogen) atoms. The molecule has 1 aromatic carbocycles. The van der Waals surface area contributed by atoms with E-state index in [2.05, 4.69) is 25.7 Å². The van der Waals surface area contributed by atoms with Crippen LogP contribution in [0.2, 0.25) is 0 Å². The number of aryl methyl sites for hydroxylation is 2. The number of fused-ring (bicyclic) bond motifs is 1. The lowest BCUT2D eigenvalue weighted by atomic mass is 10.1. The van der Waals surface area contributed by atoms with Crippen molar-refractivity contribution in [3.8, 4) is 11.5 Å². The summed E-state index contributed by atoms with van der Waals surface area (Å²) in [5, 5.41) is 0. The Kier molecular flexibility index (Phi) is 5.27. The molecule has 0 unspecified atom stereocenters. The first-order valence-electron chi connectivity index (χ1n) is 8.31. The van der Waals surface area contributed by atoms with Crippen molar-refractivity contribution in [2.24, 2.45) is 0 Å². The summed E-state index contributed by atoms with van der Waals surface area (Å²) in [4.78, 5) is 28.6. The Balaban J connectivity index is 2.14. The van der Waals surface area contributed by atoms with Crippen LogP contribution in [0.25, 0.3) is 22.6 Å². The van der Waals surface area contributed by atoms with Crippen LogP contribution in [0.15, 0.2) is 38.1 Å². The molecule has 3 aromatic rings. The number of esters is 1. The van der Waals surface area contributed by atoms with E-state index in [4.69, 9.17) is 4.42 Å². The summed E-state index contributed by atoms with van der Waals surface area (Å²) >= 11 is 3.50. The third-order valence-corrected chi connectivity index (χ3v) is 5.22. The minimum Gasteiger partial charge on any atom is -0.469 e. The second-order valence-electron chi connectivity index (χ2n) is 5.94. The van der Waals surface area contributed by atoms with Crippen molar-refractivity contribution in [1.29, 1.82) is 0 Å². The van der Waals surface area contributed by atoms with Gasteiger partial charge in [-0.2, -0.15) is 0 Å². The number of hydrogen-bond donors (Lipinski definition) is 0. The number of nitrogens with zero attached hydrogens (tertiary/aromatic N) is 2. The monoisotopic (exact) mass is 418 g/mol. The summed E-state index contributed by atoms with van der Waals surface area (Å²) in [5.41, 5.74) is 3.20. The number of oxazole rings is 1. The average Bonchev–Trinajstić information content (AvgIpc) is 3.08. The summed E-state index contributed by atoms with van der Waals surface area (Å²) in [7, 11) is 1.33. The smallest absolute Gasteiger partial charge is 0.307 e. The number of carbonyl (C=O) groups excluding carboxylic acids is 1. The molecule has 0 fully saturated rings. The minimum atomic E-state index is -0.361. The van der Waals surface area contributed by atoms with Gasteiger partial charge in [0.2, 0.25) is 5.89 Å². The number of pyridine rings is 1. The molecular formula is C19H19BrN2O4. The summed E-state index contributed by atoms with van der Waals surface area (Å²) in [6.45, 7) is 4.19. The molecule has 3 rings (SSSR count). The van der Waals surface area contributed by atoms with Crippen molar-refractivity contribution in [3.63, 3.8) is 0 Å². The van der Waals surface area contributed by atoms with E-state index in [9.17, 15) is 9.59 Å². The first-order valence-corrected chi connectivity index (χ1v) is 9.10. The minimum absolute atomic E-state index is 0.126. The number of ether oxygens (including phenoxy) is 1. The number of aromatic nitrogens is 2. The highest BCUT2D eigenvalue weighted by Crippen LogP contribution is 2.30. The standard InChI is InChI=1S/C19H19BrN2O4/c1-4-12-10-22(9-8-15(23)25-3)19(24)16-17(12)26-18(21-16)13-6-5-7-14(20)11(13)2/h5-7,10H,4,8-9H2,1-3H3. The zero-order valence-electron chi connectivity index (χ0n) is 14.8. The molecule has 0 radical (unpaired) electrons. The van der Waals surface area contributed by atoms with Gasteiger partial charge in [-0.3, -0.25) is 9.59 Å². The SMILES string of the molecule is CCc1cn(CCC(=O)OC)c(=O)c2nc(-c3cccc(Br)c3C)oc12. The second-order valence-corrected chi connectivity index (χ2v) is 6.80. The van der Waals surface area contributed by atoms with Crippen LogP contribution in [0.1, 0.15) is 24.5 Å². The van der Waals surface area contributed by atoms with Gasteiger partial charge < -0.3 is 13.7 Å². The molecule has 0 aliphatic carbocycles. The third-order valence-electron chi connectivity index (χ3n) is 4.36. The number of rotatable bonds is 5. The first kappa shape index (κ1) is 18.4. The Hall–Kier alpha value is -2.41. The van der Waals surface area contributed by atoms with E-state index in [1.165, 1.54) is 11.7 Å². The van der Waals surface area contributed by atoms with Crippen molar-refractivity contribution in [2.45, 2.75) is 33.2 Å². The van der Waals surface area contributed by atoms with Gasteiger partial charge in [0.05, 0.1) is 13.5 Å². The van der Waals surface area contributed by atoms with E-state index in [-0.39, 0.29) is 30.0 Å². The van der Waals surface area contributed by atoms with Crippen LogP contribution in [0.3, 0.4) is 0 Å². The lowest BCUT2D eigenvalue weighted by Crippen LogP contribution is -2.22. The van der Waals surface area contributed by atoms with Crippen LogP contribution in [0.4, 0.5) is 0 Å². The lowest BCUT2D eigenvalue weighted by Gasteiger charge is -2.07. The highest BCUT2D eigenvalue weighted by molar-refractivity contribution is 9.10. The number of hydrogen-bond acceptors (Lipinski definition) is 5. The van der Waals surface area contributed by atoms with Gasteiger partial charge in [0.25, 0.3) is 5.56 Å². The molecule has 0 saturated carbocycles. The van der Waals surface area contributed by atoms with E-state index in [0.717, 1.165) is 21.2 Å². The molecule has 0 atom stereocenters. The van der Waals surface area contributed by atoms with Crippen LogP contribution in [-0.4, -0.2) is 22.6 Å². The molecule has 7 heteroatoms. The summed E-state index contributed by atoms with van der Waals surface area (Å²) in [5.74, 6) is 0.0527. The van der Waals surface area contributed by atoms with Crippen LogP contribution >= 0.6 is 15.9 Å². The molecular weight excluding hydrogens is 400 g/mol. The molecule has 2 aromatic heterocycles. The normalized spacial score (nSPS) is 11.1. The Morgan fingerprint density at radius 3 is 2.85 bits per heavy atom. The van der Waals surface area contributed by atoms with Gasteiger partial charge in [-0.15, -0.1) is 0 Å². The van der Waals surface area contributed by atoms with Crippen LogP contribution < -0.4 is 5.56 Å². The summed E-state index contributed by atoms with van der Waals surface area (Å²) < 4.78 is 13.1. The molecule has 136 valence electrons. The second kappa shape index (κ2) is 7.45.